The number of nitrogens with zero attached hydrogens (tertiary/aromatic N) is 2. The zero-order valence-electron chi connectivity index (χ0n) is 16.9. The largest absolute Gasteiger partial charge is 0.490 e. The van der Waals surface area contributed by atoms with Gasteiger partial charge in [0.1, 0.15) is 0 Å². The Kier molecular flexibility index (Phi) is 10.4. The van der Waals surface area contributed by atoms with Crippen LogP contribution in [0.25, 0.3) is 0 Å². The first-order chi connectivity index (χ1) is 14.3. The number of hydrogen-bond donors (Lipinski definition) is 2. The molecule has 3 rings (SSSR count). The highest BCUT2D eigenvalue weighted by atomic mass is 127. The molecule has 0 unspecified atom stereocenters. The highest BCUT2D eigenvalue weighted by Gasteiger charge is 2.10. The van der Waals surface area contributed by atoms with E-state index in [2.05, 4.69) is 33.7 Å². The third-order valence-corrected chi connectivity index (χ3v) is 4.98. The van der Waals surface area contributed by atoms with Crippen LogP contribution in [0.15, 0.2) is 65.1 Å². The summed E-state index contributed by atoms with van der Waals surface area (Å²) < 4.78 is 11.8. The number of para-hydroxylation sites is 2. The summed E-state index contributed by atoms with van der Waals surface area (Å²) in [6.45, 7) is 3.82. The van der Waals surface area contributed by atoms with E-state index in [0.717, 1.165) is 24.9 Å². The van der Waals surface area contributed by atoms with Crippen LogP contribution >= 0.6 is 35.3 Å². The topological polar surface area (TPSA) is 81.8 Å². The maximum atomic E-state index is 6.03. The maximum Gasteiger partial charge on any atom is 0.224 e. The Bertz CT molecular complexity index is 919. The van der Waals surface area contributed by atoms with Crippen molar-refractivity contribution in [3.05, 3.63) is 70.5 Å². The van der Waals surface area contributed by atoms with Crippen molar-refractivity contribution < 1.29 is 9.47 Å². The van der Waals surface area contributed by atoms with Gasteiger partial charge in [-0.1, -0.05) is 31.2 Å². The van der Waals surface area contributed by atoms with Gasteiger partial charge in [0.2, 0.25) is 5.88 Å². The third kappa shape index (κ3) is 7.49. The molecular weight excluding hydrogens is 511 g/mol. The summed E-state index contributed by atoms with van der Waals surface area (Å²) in [5.74, 6) is 2.23. The van der Waals surface area contributed by atoms with Gasteiger partial charge in [-0.2, -0.15) is 0 Å². The van der Waals surface area contributed by atoms with Crippen LogP contribution in [0.2, 0.25) is 0 Å². The molecule has 8 heteroatoms. The Morgan fingerprint density at radius 1 is 1.13 bits per heavy atom. The molecule has 160 valence electrons. The summed E-state index contributed by atoms with van der Waals surface area (Å²) in [6, 6.07) is 15.5. The molecule has 0 amide bonds. The molecule has 0 aliphatic carbocycles. The lowest BCUT2D eigenvalue weighted by Gasteiger charge is -2.13. The predicted octanol–water partition coefficient (Wildman–Crippen LogP) is 4.99. The second-order valence-corrected chi connectivity index (χ2v) is 7.35. The van der Waals surface area contributed by atoms with E-state index in [1.54, 1.807) is 17.5 Å². The molecule has 0 saturated carbocycles. The predicted molar refractivity (Wildman–Crippen MR) is 133 cm³/mol. The van der Waals surface area contributed by atoms with Gasteiger partial charge in [0.25, 0.3) is 0 Å². The van der Waals surface area contributed by atoms with Gasteiger partial charge in [-0.25, -0.2) is 9.98 Å². The molecule has 0 bridgehead atoms. The molecule has 0 saturated heterocycles. The van der Waals surface area contributed by atoms with Gasteiger partial charge < -0.3 is 20.5 Å². The smallest absolute Gasteiger partial charge is 0.224 e. The van der Waals surface area contributed by atoms with E-state index in [1.807, 2.05) is 42.5 Å². The third-order valence-electron chi connectivity index (χ3n) is 4.04. The molecule has 2 aromatic heterocycles. The van der Waals surface area contributed by atoms with Crippen molar-refractivity contribution in [1.29, 1.82) is 0 Å². The number of benzene rings is 1. The lowest BCUT2D eigenvalue weighted by Crippen LogP contribution is -2.33. The fourth-order valence-electron chi connectivity index (χ4n) is 2.60. The molecule has 3 aromatic rings. The SMILES string of the molecule is CCCOc1ccccc1Oc1ncccc1CN=C(N)NCCc1cccs1.I. The van der Waals surface area contributed by atoms with Gasteiger partial charge in [-0.3, -0.25) is 0 Å². The van der Waals surface area contributed by atoms with E-state index in [9.17, 15) is 0 Å². The monoisotopic (exact) mass is 538 g/mol. The molecule has 6 nitrogen and oxygen atoms in total. The summed E-state index contributed by atoms with van der Waals surface area (Å²) in [6.07, 6.45) is 3.54. The zero-order valence-corrected chi connectivity index (χ0v) is 20.1. The van der Waals surface area contributed by atoms with Crippen LogP contribution in [0.1, 0.15) is 23.8 Å². The Balaban J connectivity index is 0.00000320. The van der Waals surface area contributed by atoms with Crippen molar-refractivity contribution in [3.63, 3.8) is 0 Å². The summed E-state index contributed by atoms with van der Waals surface area (Å²) in [5.41, 5.74) is 6.85. The van der Waals surface area contributed by atoms with Crippen LogP contribution in [0.5, 0.6) is 17.4 Å². The van der Waals surface area contributed by atoms with Gasteiger partial charge in [0.15, 0.2) is 17.5 Å². The highest BCUT2D eigenvalue weighted by Crippen LogP contribution is 2.32. The summed E-state index contributed by atoms with van der Waals surface area (Å²) >= 11 is 1.74. The molecule has 2 heterocycles. The molecule has 0 aliphatic heterocycles. The number of guanidine groups is 1. The zero-order chi connectivity index (χ0) is 20.3. The Hall–Kier alpha value is -2.33. The van der Waals surface area contributed by atoms with Crippen LogP contribution in [0, 0.1) is 0 Å². The van der Waals surface area contributed by atoms with Crippen molar-refractivity contribution in [1.82, 2.24) is 10.3 Å². The first kappa shape index (κ1) is 23.9. The summed E-state index contributed by atoms with van der Waals surface area (Å²) in [7, 11) is 0. The molecule has 0 radical (unpaired) electrons. The Labute approximate surface area is 198 Å². The van der Waals surface area contributed by atoms with Gasteiger partial charge in [-0.15, -0.1) is 35.3 Å². The molecule has 3 N–H and O–H groups in total. The average Bonchev–Trinajstić information content (AvgIpc) is 3.26. The maximum absolute atomic E-state index is 6.03. The van der Waals surface area contributed by atoms with E-state index in [-0.39, 0.29) is 24.0 Å². The highest BCUT2D eigenvalue weighted by molar-refractivity contribution is 14.0. The van der Waals surface area contributed by atoms with E-state index in [4.69, 9.17) is 15.2 Å². The number of halogens is 1. The Morgan fingerprint density at radius 3 is 2.73 bits per heavy atom. The quantitative estimate of drug-likeness (QED) is 0.216. The minimum atomic E-state index is 0. The number of nitrogens with two attached hydrogens (primary N) is 1. The fraction of sp³-hybridized carbons (Fsp3) is 0.273. The number of ether oxygens (including phenoxy) is 2. The van der Waals surface area contributed by atoms with Crippen LogP contribution in [0.4, 0.5) is 0 Å². The van der Waals surface area contributed by atoms with Gasteiger partial charge in [-0.05, 0) is 42.5 Å². The summed E-state index contributed by atoms with van der Waals surface area (Å²) in [4.78, 5) is 10.1. The van der Waals surface area contributed by atoms with Gasteiger partial charge in [0.05, 0.1) is 13.2 Å². The molecule has 30 heavy (non-hydrogen) atoms. The van der Waals surface area contributed by atoms with Crippen molar-refractivity contribution >= 4 is 41.3 Å². The standard InChI is InChI=1S/C22H26N4O2S.HI/c1-2-14-27-19-9-3-4-10-20(19)28-21-17(7-5-12-24-21)16-26-22(23)25-13-11-18-8-6-15-29-18;/h3-10,12,15H,2,11,13-14,16H2,1H3,(H3,23,25,26);1H. The number of hydrogen-bond acceptors (Lipinski definition) is 5. The second kappa shape index (κ2) is 13.1. The number of nitrogens with one attached hydrogen (secondary N) is 1. The molecule has 1 aromatic carbocycles. The van der Waals surface area contributed by atoms with E-state index in [0.29, 0.717) is 36.5 Å². The van der Waals surface area contributed by atoms with Crippen LogP contribution in [-0.4, -0.2) is 24.1 Å². The second-order valence-electron chi connectivity index (χ2n) is 6.32. The van der Waals surface area contributed by atoms with E-state index in [1.165, 1.54) is 4.88 Å². The molecule has 0 spiro atoms. The Morgan fingerprint density at radius 2 is 1.97 bits per heavy atom. The van der Waals surface area contributed by atoms with Crippen LogP contribution in [-0.2, 0) is 13.0 Å². The van der Waals surface area contributed by atoms with Crippen LogP contribution in [0.3, 0.4) is 0 Å². The number of aromatic nitrogens is 1. The van der Waals surface area contributed by atoms with Crippen molar-refractivity contribution in [2.24, 2.45) is 10.7 Å². The lowest BCUT2D eigenvalue weighted by molar-refractivity contribution is 0.300. The van der Waals surface area contributed by atoms with E-state index < -0.39 is 0 Å². The van der Waals surface area contributed by atoms with Gasteiger partial charge >= 0.3 is 0 Å². The number of pyridine rings is 1. The van der Waals surface area contributed by atoms with Crippen LogP contribution < -0.4 is 20.5 Å². The molecule has 0 atom stereocenters. The van der Waals surface area contributed by atoms with Crippen molar-refractivity contribution in [2.45, 2.75) is 26.3 Å². The number of aliphatic imine (C=N–C) groups is 1. The lowest BCUT2D eigenvalue weighted by atomic mass is 10.2. The first-order valence-corrected chi connectivity index (χ1v) is 10.5. The van der Waals surface area contributed by atoms with E-state index >= 15 is 0 Å². The number of thiophene rings is 1. The molecular formula is C22H27IN4O2S. The van der Waals surface area contributed by atoms with Crippen molar-refractivity contribution in [2.75, 3.05) is 13.2 Å². The fourth-order valence-corrected chi connectivity index (χ4v) is 3.31. The number of rotatable bonds is 10. The minimum Gasteiger partial charge on any atom is -0.490 e. The minimum absolute atomic E-state index is 0. The van der Waals surface area contributed by atoms with Crippen molar-refractivity contribution in [3.8, 4) is 17.4 Å². The molecule has 0 aliphatic rings. The van der Waals surface area contributed by atoms with Gasteiger partial charge in [0, 0.05) is 23.2 Å². The normalized spacial score (nSPS) is 10.9. The summed E-state index contributed by atoms with van der Waals surface area (Å²) in [5, 5.41) is 5.22. The first-order valence-electron chi connectivity index (χ1n) is 9.66. The average molecular weight is 538 g/mol. The molecule has 0 fully saturated rings.